The fourth-order valence-electron chi connectivity index (χ4n) is 2.36. The van der Waals surface area contributed by atoms with E-state index in [4.69, 9.17) is 0 Å². The molecule has 0 saturated carbocycles. The van der Waals surface area contributed by atoms with Gasteiger partial charge in [0, 0.05) is 18.0 Å². The van der Waals surface area contributed by atoms with E-state index in [0.717, 1.165) is 19.6 Å². The molecule has 4 heteroatoms. The molecule has 1 fully saturated rings. The predicted molar refractivity (Wildman–Crippen MR) is 80.5 cm³/mol. The van der Waals surface area contributed by atoms with E-state index < -0.39 is 0 Å². The summed E-state index contributed by atoms with van der Waals surface area (Å²) in [7, 11) is 2.13. The van der Waals surface area contributed by atoms with E-state index in [1.165, 1.54) is 16.9 Å². The topological polar surface area (TPSA) is 32.3 Å². The van der Waals surface area contributed by atoms with Crippen LogP contribution in [0.2, 0.25) is 0 Å². The predicted octanol–water partition coefficient (Wildman–Crippen LogP) is 2.16. The molecule has 104 valence electrons. The average molecular weight is 278 g/mol. The van der Waals surface area contributed by atoms with Gasteiger partial charge in [-0.1, -0.05) is 18.2 Å². The zero-order chi connectivity index (χ0) is 13.7. The quantitative estimate of drug-likeness (QED) is 0.838. The smallest absolute Gasteiger partial charge is 0.230 e. The summed E-state index contributed by atoms with van der Waals surface area (Å²) in [6.07, 6.45) is 1.20. The van der Waals surface area contributed by atoms with Gasteiger partial charge in [-0.15, -0.1) is 11.8 Å². The second kappa shape index (κ2) is 6.96. The summed E-state index contributed by atoms with van der Waals surface area (Å²) in [5.74, 6) is 1.27. The lowest BCUT2D eigenvalue weighted by atomic mass is 10.1. The highest BCUT2D eigenvalue weighted by molar-refractivity contribution is 8.00. The minimum Gasteiger partial charge on any atom is -0.355 e. The van der Waals surface area contributed by atoms with Crippen molar-refractivity contribution in [3.63, 3.8) is 0 Å². The number of amides is 1. The fourth-order valence-corrected chi connectivity index (χ4v) is 3.22. The first-order valence-electron chi connectivity index (χ1n) is 6.79. The molecule has 1 amide bonds. The Bertz CT molecular complexity index is 436. The third-order valence-corrected chi connectivity index (χ3v) is 4.70. The molecule has 1 saturated heterocycles. The molecule has 2 rings (SSSR count). The molecule has 0 aliphatic carbocycles. The molecule has 1 aliphatic rings. The van der Waals surface area contributed by atoms with Crippen molar-refractivity contribution in [2.24, 2.45) is 5.92 Å². The van der Waals surface area contributed by atoms with Crippen LogP contribution in [0, 0.1) is 12.8 Å². The van der Waals surface area contributed by atoms with Crippen LogP contribution in [0.25, 0.3) is 0 Å². The second-order valence-electron chi connectivity index (χ2n) is 5.28. The average Bonchev–Trinajstić information content (AvgIpc) is 2.81. The third-order valence-electron chi connectivity index (χ3n) is 3.53. The molecule has 0 radical (unpaired) electrons. The summed E-state index contributed by atoms with van der Waals surface area (Å²) in [5, 5.41) is 3.05. The van der Waals surface area contributed by atoms with Crippen LogP contribution >= 0.6 is 11.8 Å². The molecule has 1 N–H and O–H groups in total. The Labute approximate surface area is 119 Å². The van der Waals surface area contributed by atoms with E-state index in [1.807, 2.05) is 12.1 Å². The van der Waals surface area contributed by atoms with E-state index in [2.05, 4.69) is 36.3 Å². The lowest BCUT2D eigenvalue weighted by molar-refractivity contribution is -0.118. The van der Waals surface area contributed by atoms with Crippen LogP contribution in [0.15, 0.2) is 29.2 Å². The highest BCUT2D eigenvalue weighted by atomic mass is 32.2. The normalized spacial score (nSPS) is 19.6. The summed E-state index contributed by atoms with van der Waals surface area (Å²) in [6.45, 7) is 5.15. The van der Waals surface area contributed by atoms with E-state index in [1.54, 1.807) is 11.8 Å². The molecule has 1 aromatic rings. The number of carbonyl (C=O) groups is 1. The number of carbonyl (C=O) groups excluding carboxylic acids is 1. The van der Waals surface area contributed by atoms with Crippen molar-refractivity contribution in [3.8, 4) is 0 Å². The summed E-state index contributed by atoms with van der Waals surface area (Å²) in [6, 6.07) is 8.19. The van der Waals surface area contributed by atoms with Gasteiger partial charge in [0.05, 0.1) is 5.75 Å². The van der Waals surface area contributed by atoms with Gasteiger partial charge in [-0.05, 0) is 44.5 Å². The van der Waals surface area contributed by atoms with Gasteiger partial charge < -0.3 is 10.2 Å². The maximum Gasteiger partial charge on any atom is 0.230 e. The number of hydrogen-bond acceptors (Lipinski definition) is 3. The maximum absolute atomic E-state index is 11.8. The molecule has 1 atom stereocenters. The number of hydrogen-bond donors (Lipinski definition) is 1. The van der Waals surface area contributed by atoms with Gasteiger partial charge in [0.2, 0.25) is 5.91 Å². The van der Waals surface area contributed by atoms with Crippen LogP contribution in [-0.4, -0.2) is 43.2 Å². The molecule has 1 heterocycles. The monoisotopic (exact) mass is 278 g/mol. The van der Waals surface area contributed by atoms with E-state index in [9.17, 15) is 4.79 Å². The fraction of sp³-hybridized carbons (Fsp3) is 0.533. The third kappa shape index (κ3) is 4.55. The number of thioether (sulfide) groups is 1. The van der Waals surface area contributed by atoms with Crippen molar-refractivity contribution in [1.29, 1.82) is 0 Å². The first-order valence-corrected chi connectivity index (χ1v) is 7.77. The van der Waals surface area contributed by atoms with Crippen molar-refractivity contribution >= 4 is 17.7 Å². The Kier molecular flexibility index (Phi) is 5.28. The second-order valence-corrected chi connectivity index (χ2v) is 6.29. The van der Waals surface area contributed by atoms with Crippen LogP contribution in [0.3, 0.4) is 0 Å². The van der Waals surface area contributed by atoms with Crippen molar-refractivity contribution in [3.05, 3.63) is 29.8 Å². The highest BCUT2D eigenvalue weighted by Crippen LogP contribution is 2.21. The van der Waals surface area contributed by atoms with Crippen molar-refractivity contribution in [1.82, 2.24) is 10.2 Å². The van der Waals surface area contributed by atoms with E-state index >= 15 is 0 Å². The largest absolute Gasteiger partial charge is 0.355 e. The molecule has 1 aromatic carbocycles. The highest BCUT2D eigenvalue weighted by Gasteiger charge is 2.19. The van der Waals surface area contributed by atoms with Crippen molar-refractivity contribution < 1.29 is 4.79 Å². The minimum atomic E-state index is 0.141. The van der Waals surface area contributed by atoms with Gasteiger partial charge in [-0.2, -0.15) is 0 Å². The molecule has 0 bridgehead atoms. The SMILES string of the molecule is Cc1ccccc1SCC(=O)NC[C@H]1CCN(C)C1. The van der Waals surface area contributed by atoms with Gasteiger partial charge in [0.25, 0.3) is 0 Å². The molecular formula is C15H22N2OS. The summed E-state index contributed by atoms with van der Waals surface area (Å²) < 4.78 is 0. The van der Waals surface area contributed by atoms with Crippen LogP contribution in [0.1, 0.15) is 12.0 Å². The van der Waals surface area contributed by atoms with Gasteiger partial charge in [-0.3, -0.25) is 4.79 Å². The van der Waals surface area contributed by atoms with Gasteiger partial charge in [0.1, 0.15) is 0 Å². The molecule has 3 nitrogen and oxygen atoms in total. The van der Waals surface area contributed by atoms with E-state index in [0.29, 0.717) is 11.7 Å². The standard InChI is InChI=1S/C15H22N2OS/c1-12-5-3-4-6-14(12)19-11-15(18)16-9-13-7-8-17(2)10-13/h3-6,13H,7-11H2,1-2H3,(H,16,18)/t13-/m1/s1. The molecular weight excluding hydrogens is 256 g/mol. The molecule has 1 aliphatic heterocycles. The number of rotatable bonds is 5. The van der Waals surface area contributed by atoms with Gasteiger partial charge >= 0.3 is 0 Å². The summed E-state index contributed by atoms with van der Waals surface area (Å²) in [4.78, 5) is 15.3. The maximum atomic E-state index is 11.8. The van der Waals surface area contributed by atoms with Crippen LogP contribution in [-0.2, 0) is 4.79 Å². The van der Waals surface area contributed by atoms with Crippen LogP contribution in [0.4, 0.5) is 0 Å². The number of likely N-dealkylation sites (tertiary alicyclic amines) is 1. The number of aryl methyl sites for hydroxylation is 1. The van der Waals surface area contributed by atoms with Gasteiger partial charge in [-0.25, -0.2) is 0 Å². The summed E-state index contributed by atoms with van der Waals surface area (Å²) in [5.41, 5.74) is 1.23. The van der Waals surface area contributed by atoms with E-state index in [-0.39, 0.29) is 5.91 Å². The summed E-state index contributed by atoms with van der Waals surface area (Å²) >= 11 is 1.62. The molecule has 0 spiro atoms. The zero-order valence-corrected chi connectivity index (χ0v) is 12.5. The van der Waals surface area contributed by atoms with Crippen LogP contribution in [0.5, 0.6) is 0 Å². The minimum absolute atomic E-state index is 0.141. The lowest BCUT2D eigenvalue weighted by Crippen LogP contribution is -2.31. The number of nitrogens with one attached hydrogen (secondary N) is 1. The molecule has 0 unspecified atom stereocenters. The lowest BCUT2D eigenvalue weighted by Gasteiger charge is -2.12. The Morgan fingerprint density at radius 1 is 1.47 bits per heavy atom. The van der Waals surface area contributed by atoms with Crippen molar-refractivity contribution in [2.45, 2.75) is 18.2 Å². The Morgan fingerprint density at radius 2 is 2.26 bits per heavy atom. The first kappa shape index (κ1) is 14.4. The number of benzene rings is 1. The number of nitrogens with zero attached hydrogens (tertiary/aromatic N) is 1. The Hall–Kier alpha value is -1.00. The van der Waals surface area contributed by atoms with Gasteiger partial charge in [0.15, 0.2) is 0 Å². The van der Waals surface area contributed by atoms with Crippen LogP contribution < -0.4 is 5.32 Å². The van der Waals surface area contributed by atoms with Crippen molar-refractivity contribution in [2.75, 3.05) is 32.4 Å². The molecule has 19 heavy (non-hydrogen) atoms. The molecule has 0 aromatic heterocycles. The Morgan fingerprint density at radius 3 is 2.95 bits per heavy atom. The zero-order valence-electron chi connectivity index (χ0n) is 11.7. The Balaban J connectivity index is 1.69. The first-order chi connectivity index (χ1) is 9.15.